The molecule has 0 fully saturated rings. The molecule has 13 nitrogen and oxygen atoms in total. The number of hydrogen-bond acceptors (Lipinski definition) is 7. The molecule has 0 radical (unpaired) electrons. The highest BCUT2D eigenvalue weighted by Gasteiger charge is 2.31. The molecule has 1 rings (SSSR count). The Morgan fingerprint density at radius 1 is 0.750 bits per heavy atom. The Morgan fingerprint density at radius 3 is 1.75 bits per heavy atom. The Balaban J connectivity index is 2.88. The third-order valence-corrected chi connectivity index (χ3v) is 4.07. The molecule has 0 aliphatic heterocycles. The highest BCUT2D eigenvalue weighted by Crippen LogP contribution is 2.04. The second kappa shape index (κ2) is 12.6. The number of benzene rings is 1. The molecule has 1 aromatic carbocycles. The predicted octanol–water partition coefficient (Wildman–Crippen LogP) is -2.32. The summed E-state index contributed by atoms with van der Waals surface area (Å²) in [7, 11) is 0. The van der Waals surface area contributed by atoms with Crippen LogP contribution in [0.25, 0.3) is 0 Å². The number of carbonyl (C=O) groups excluding carboxylic acids is 3. The van der Waals surface area contributed by atoms with E-state index < -0.39 is 73.1 Å². The van der Waals surface area contributed by atoms with Gasteiger partial charge in [-0.25, -0.2) is 0 Å². The van der Waals surface area contributed by atoms with Gasteiger partial charge in [-0.15, -0.1) is 0 Å². The van der Waals surface area contributed by atoms with Gasteiger partial charge in [-0.2, -0.15) is 0 Å². The summed E-state index contributed by atoms with van der Waals surface area (Å²) in [5, 5.41) is 32.7. The van der Waals surface area contributed by atoms with Crippen molar-refractivity contribution >= 4 is 35.6 Å². The highest BCUT2D eigenvalue weighted by atomic mass is 16.4. The number of carbonyl (C=O) groups is 6. The van der Waals surface area contributed by atoms with Crippen LogP contribution in [0, 0.1) is 0 Å². The van der Waals surface area contributed by atoms with Gasteiger partial charge in [0.2, 0.25) is 17.7 Å². The molecule has 0 aromatic heterocycles. The molecule has 1 aromatic rings. The molecule has 0 heterocycles. The number of carboxylic acid groups (broad SMARTS) is 3. The fourth-order valence-corrected chi connectivity index (χ4v) is 2.57. The molecule has 3 amide bonds. The van der Waals surface area contributed by atoms with Crippen LogP contribution < -0.4 is 21.7 Å². The van der Waals surface area contributed by atoms with Crippen molar-refractivity contribution < 1.29 is 44.1 Å². The van der Waals surface area contributed by atoms with E-state index in [1.807, 2.05) is 10.6 Å². The maximum absolute atomic E-state index is 12.5. The Labute approximate surface area is 182 Å². The van der Waals surface area contributed by atoms with Crippen molar-refractivity contribution in [2.75, 3.05) is 6.54 Å². The van der Waals surface area contributed by atoms with Gasteiger partial charge in [0.1, 0.15) is 18.6 Å². The van der Waals surface area contributed by atoms with Crippen LogP contribution in [0.4, 0.5) is 0 Å². The number of rotatable bonds is 13. The first-order valence-corrected chi connectivity index (χ1v) is 9.33. The minimum absolute atomic E-state index is 0.104. The fraction of sp³-hybridized carbons (Fsp3) is 0.368. The van der Waals surface area contributed by atoms with Gasteiger partial charge in [-0.1, -0.05) is 30.3 Å². The third-order valence-electron chi connectivity index (χ3n) is 4.07. The summed E-state index contributed by atoms with van der Waals surface area (Å²) in [6.45, 7) is -0.825. The van der Waals surface area contributed by atoms with E-state index in [2.05, 4.69) is 5.32 Å². The quantitative estimate of drug-likeness (QED) is 0.169. The topological polar surface area (TPSA) is 225 Å². The van der Waals surface area contributed by atoms with Crippen LogP contribution >= 0.6 is 0 Å². The molecular weight excluding hydrogens is 428 g/mol. The van der Waals surface area contributed by atoms with Gasteiger partial charge >= 0.3 is 17.9 Å². The molecule has 0 saturated carbocycles. The van der Waals surface area contributed by atoms with E-state index in [4.69, 9.17) is 21.1 Å². The second-order valence-corrected chi connectivity index (χ2v) is 6.73. The Kier molecular flexibility index (Phi) is 10.3. The van der Waals surface area contributed by atoms with E-state index in [1.165, 1.54) is 0 Å². The zero-order valence-corrected chi connectivity index (χ0v) is 16.8. The van der Waals surface area contributed by atoms with Gasteiger partial charge in [0.25, 0.3) is 0 Å². The van der Waals surface area contributed by atoms with E-state index in [1.54, 1.807) is 30.3 Å². The summed E-state index contributed by atoms with van der Waals surface area (Å²) in [4.78, 5) is 69.6. The molecular formula is C19H24N4O9. The Hall–Kier alpha value is -4.00. The van der Waals surface area contributed by atoms with E-state index in [9.17, 15) is 28.8 Å². The summed E-state index contributed by atoms with van der Waals surface area (Å²) < 4.78 is 0. The monoisotopic (exact) mass is 452 g/mol. The minimum Gasteiger partial charge on any atom is -0.481 e. The lowest BCUT2D eigenvalue weighted by Crippen LogP contribution is -2.57. The van der Waals surface area contributed by atoms with Crippen LogP contribution in [0.2, 0.25) is 0 Å². The van der Waals surface area contributed by atoms with Gasteiger partial charge in [0.05, 0.1) is 18.9 Å². The molecule has 0 spiro atoms. The van der Waals surface area contributed by atoms with Crippen molar-refractivity contribution in [1.82, 2.24) is 16.0 Å². The van der Waals surface area contributed by atoms with Crippen molar-refractivity contribution in [3.05, 3.63) is 35.9 Å². The SMILES string of the molecule is NC(Cc1ccccc1)C(=O)NC(CC(=O)O)C(=O)NC(CC(=O)O)C(=O)NCC(=O)O. The minimum atomic E-state index is -1.70. The Bertz CT molecular complexity index is 860. The molecule has 0 aliphatic carbocycles. The van der Waals surface area contributed by atoms with Crippen molar-refractivity contribution in [3.8, 4) is 0 Å². The molecule has 3 unspecified atom stereocenters. The lowest BCUT2D eigenvalue weighted by molar-refractivity contribution is -0.143. The molecule has 0 aliphatic rings. The average Bonchev–Trinajstić information content (AvgIpc) is 2.70. The van der Waals surface area contributed by atoms with Crippen LogP contribution in [0.5, 0.6) is 0 Å². The maximum Gasteiger partial charge on any atom is 0.322 e. The molecule has 0 bridgehead atoms. The summed E-state index contributed by atoms with van der Waals surface area (Å²) in [5.74, 6) is -7.42. The maximum atomic E-state index is 12.5. The van der Waals surface area contributed by atoms with Crippen LogP contribution in [0.3, 0.4) is 0 Å². The second-order valence-electron chi connectivity index (χ2n) is 6.73. The van der Waals surface area contributed by atoms with Gasteiger partial charge in [0, 0.05) is 0 Å². The van der Waals surface area contributed by atoms with E-state index in [0.717, 1.165) is 5.56 Å². The largest absolute Gasteiger partial charge is 0.481 e. The van der Waals surface area contributed by atoms with Gasteiger partial charge in [-0.05, 0) is 12.0 Å². The summed E-state index contributed by atoms with van der Waals surface area (Å²) in [6, 6.07) is 4.20. The number of hydrogen-bond donors (Lipinski definition) is 7. The summed E-state index contributed by atoms with van der Waals surface area (Å²) in [5.41, 5.74) is 6.55. The zero-order chi connectivity index (χ0) is 24.3. The molecule has 174 valence electrons. The van der Waals surface area contributed by atoms with Crippen LogP contribution in [-0.2, 0) is 35.2 Å². The number of amides is 3. The molecule has 13 heteroatoms. The summed E-state index contributed by atoms with van der Waals surface area (Å²) >= 11 is 0. The molecule has 32 heavy (non-hydrogen) atoms. The van der Waals surface area contributed by atoms with E-state index in [-0.39, 0.29) is 6.42 Å². The van der Waals surface area contributed by atoms with Gasteiger partial charge in [0.15, 0.2) is 0 Å². The predicted molar refractivity (Wildman–Crippen MR) is 107 cm³/mol. The van der Waals surface area contributed by atoms with Gasteiger partial charge in [-0.3, -0.25) is 28.8 Å². The fourth-order valence-electron chi connectivity index (χ4n) is 2.57. The van der Waals surface area contributed by atoms with Crippen molar-refractivity contribution in [2.45, 2.75) is 37.4 Å². The third kappa shape index (κ3) is 9.67. The van der Waals surface area contributed by atoms with Crippen molar-refractivity contribution in [1.29, 1.82) is 0 Å². The summed E-state index contributed by atoms with van der Waals surface area (Å²) in [6.07, 6.45) is -1.67. The molecule has 3 atom stereocenters. The van der Waals surface area contributed by atoms with Gasteiger partial charge < -0.3 is 37.0 Å². The lowest BCUT2D eigenvalue weighted by atomic mass is 10.0. The molecule has 8 N–H and O–H groups in total. The van der Waals surface area contributed by atoms with E-state index in [0.29, 0.717) is 0 Å². The van der Waals surface area contributed by atoms with Crippen LogP contribution in [0.15, 0.2) is 30.3 Å². The van der Waals surface area contributed by atoms with E-state index >= 15 is 0 Å². The smallest absolute Gasteiger partial charge is 0.322 e. The lowest BCUT2D eigenvalue weighted by Gasteiger charge is -2.22. The first-order chi connectivity index (χ1) is 15.0. The zero-order valence-electron chi connectivity index (χ0n) is 16.8. The van der Waals surface area contributed by atoms with Crippen molar-refractivity contribution in [3.63, 3.8) is 0 Å². The van der Waals surface area contributed by atoms with Crippen LogP contribution in [0.1, 0.15) is 18.4 Å². The number of carboxylic acids is 3. The molecule has 0 saturated heterocycles. The number of aliphatic carboxylic acids is 3. The first kappa shape index (κ1) is 26.0. The Morgan fingerprint density at radius 2 is 1.25 bits per heavy atom. The highest BCUT2D eigenvalue weighted by molar-refractivity contribution is 5.96. The number of nitrogens with one attached hydrogen (secondary N) is 3. The van der Waals surface area contributed by atoms with Crippen LogP contribution in [-0.4, -0.2) is 75.6 Å². The van der Waals surface area contributed by atoms with Crippen molar-refractivity contribution in [2.24, 2.45) is 5.73 Å². The first-order valence-electron chi connectivity index (χ1n) is 9.33. The standard InChI is InChI=1S/C19H24N4O9/c20-11(6-10-4-2-1-3-5-10)17(30)22-13(8-15(26)27)19(32)23-12(7-14(24)25)18(31)21-9-16(28)29/h1-5,11-13H,6-9,20H2,(H,21,31)(H,22,30)(H,23,32)(H,24,25)(H,26,27)(H,28,29). The number of nitrogens with two attached hydrogens (primary N) is 1. The normalized spacial score (nSPS) is 13.2. The average molecular weight is 452 g/mol.